The van der Waals surface area contributed by atoms with E-state index in [1.807, 2.05) is 42.2 Å². The summed E-state index contributed by atoms with van der Waals surface area (Å²) < 4.78 is 5.69. The molecule has 0 spiro atoms. The quantitative estimate of drug-likeness (QED) is 0.917. The van der Waals surface area contributed by atoms with Gasteiger partial charge in [-0.25, -0.2) is 0 Å². The highest BCUT2D eigenvalue weighted by Crippen LogP contribution is 2.25. The standard InChI is InChI=1S/C14H20N2O2.ClH/c1-11-9-16(14(17)8-15-2)13(10-18-11)12-6-4-3-5-7-12;/h3-7,11,13,15H,8-10H2,1-2H3;1H. The molecule has 2 atom stereocenters. The number of hydrogen-bond donors (Lipinski definition) is 1. The maximum absolute atomic E-state index is 12.1. The van der Waals surface area contributed by atoms with E-state index in [2.05, 4.69) is 5.32 Å². The van der Waals surface area contributed by atoms with E-state index >= 15 is 0 Å². The molecular formula is C14H21ClN2O2. The summed E-state index contributed by atoms with van der Waals surface area (Å²) in [6.07, 6.45) is 0.103. The van der Waals surface area contributed by atoms with Crippen molar-refractivity contribution in [1.29, 1.82) is 0 Å². The van der Waals surface area contributed by atoms with Gasteiger partial charge in [0.05, 0.1) is 25.3 Å². The molecule has 1 fully saturated rings. The van der Waals surface area contributed by atoms with Crippen molar-refractivity contribution < 1.29 is 9.53 Å². The Hall–Kier alpha value is -1.10. The van der Waals surface area contributed by atoms with E-state index in [1.165, 1.54) is 0 Å². The number of rotatable bonds is 3. The zero-order chi connectivity index (χ0) is 13.0. The highest BCUT2D eigenvalue weighted by Gasteiger charge is 2.30. The van der Waals surface area contributed by atoms with Crippen LogP contribution in [-0.2, 0) is 9.53 Å². The molecule has 4 nitrogen and oxygen atoms in total. The molecule has 1 heterocycles. The molecule has 1 saturated heterocycles. The van der Waals surface area contributed by atoms with Crippen LogP contribution in [0.2, 0.25) is 0 Å². The van der Waals surface area contributed by atoms with Crippen molar-refractivity contribution in [2.45, 2.75) is 19.1 Å². The number of hydrogen-bond acceptors (Lipinski definition) is 3. The molecule has 5 heteroatoms. The monoisotopic (exact) mass is 284 g/mol. The summed E-state index contributed by atoms with van der Waals surface area (Å²) in [5.74, 6) is 0.126. The number of carbonyl (C=O) groups is 1. The van der Waals surface area contributed by atoms with Crippen molar-refractivity contribution in [2.24, 2.45) is 0 Å². The number of nitrogens with zero attached hydrogens (tertiary/aromatic N) is 1. The molecule has 1 aromatic carbocycles. The van der Waals surface area contributed by atoms with Crippen molar-refractivity contribution in [3.8, 4) is 0 Å². The molecule has 106 valence electrons. The first-order valence-corrected chi connectivity index (χ1v) is 6.33. The SMILES string of the molecule is CNCC(=O)N1CC(C)OCC1c1ccccc1.Cl. The van der Waals surface area contributed by atoms with Crippen molar-refractivity contribution in [1.82, 2.24) is 10.2 Å². The van der Waals surface area contributed by atoms with Crippen LogP contribution >= 0.6 is 12.4 Å². The first-order chi connectivity index (χ1) is 8.72. The topological polar surface area (TPSA) is 41.6 Å². The molecule has 1 amide bonds. The molecule has 0 saturated carbocycles. The van der Waals surface area contributed by atoms with Gasteiger partial charge in [0, 0.05) is 6.54 Å². The Labute approximate surface area is 120 Å². The third-order valence-corrected chi connectivity index (χ3v) is 3.20. The van der Waals surface area contributed by atoms with Gasteiger partial charge < -0.3 is 15.0 Å². The zero-order valence-corrected chi connectivity index (χ0v) is 12.2. The van der Waals surface area contributed by atoms with E-state index in [0.717, 1.165) is 5.56 Å². The van der Waals surface area contributed by atoms with E-state index in [9.17, 15) is 4.79 Å². The molecule has 1 aromatic rings. The molecule has 2 rings (SSSR count). The Morgan fingerprint density at radius 2 is 2.11 bits per heavy atom. The molecule has 19 heavy (non-hydrogen) atoms. The van der Waals surface area contributed by atoms with Crippen LogP contribution in [0.15, 0.2) is 30.3 Å². The number of ether oxygens (including phenoxy) is 1. The van der Waals surface area contributed by atoms with Gasteiger partial charge in [-0.3, -0.25) is 4.79 Å². The van der Waals surface area contributed by atoms with Crippen molar-refractivity contribution >= 4 is 18.3 Å². The van der Waals surface area contributed by atoms with Gasteiger partial charge in [-0.2, -0.15) is 0 Å². The molecule has 0 radical (unpaired) electrons. The highest BCUT2D eigenvalue weighted by molar-refractivity contribution is 5.85. The van der Waals surface area contributed by atoms with Gasteiger partial charge in [-0.1, -0.05) is 30.3 Å². The molecule has 0 aliphatic carbocycles. The third kappa shape index (κ3) is 3.93. The minimum Gasteiger partial charge on any atom is -0.374 e. The van der Waals surface area contributed by atoms with Crippen LogP contribution in [-0.4, -0.2) is 43.7 Å². The van der Waals surface area contributed by atoms with E-state index in [-0.39, 0.29) is 30.5 Å². The molecule has 1 N–H and O–H groups in total. The molecule has 0 bridgehead atoms. The first kappa shape index (κ1) is 16.0. The second-order valence-corrected chi connectivity index (χ2v) is 4.65. The second-order valence-electron chi connectivity index (χ2n) is 4.65. The Balaban J connectivity index is 0.00000180. The lowest BCUT2D eigenvalue weighted by Crippen LogP contribution is -2.49. The maximum Gasteiger partial charge on any atom is 0.237 e. The van der Waals surface area contributed by atoms with E-state index in [1.54, 1.807) is 7.05 Å². The van der Waals surface area contributed by atoms with Crippen LogP contribution in [0.1, 0.15) is 18.5 Å². The highest BCUT2D eigenvalue weighted by atomic mass is 35.5. The third-order valence-electron chi connectivity index (χ3n) is 3.20. The summed E-state index contributed by atoms with van der Waals surface area (Å²) in [5, 5.41) is 2.92. The van der Waals surface area contributed by atoms with Gasteiger partial charge in [-0.05, 0) is 19.5 Å². The van der Waals surface area contributed by atoms with E-state index in [0.29, 0.717) is 19.7 Å². The summed E-state index contributed by atoms with van der Waals surface area (Å²) in [6.45, 7) is 3.59. The van der Waals surface area contributed by atoms with Crippen LogP contribution in [0, 0.1) is 0 Å². The van der Waals surface area contributed by atoms with Crippen LogP contribution in [0.4, 0.5) is 0 Å². The number of nitrogens with one attached hydrogen (secondary N) is 1. The lowest BCUT2D eigenvalue weighted by Gasteiger charge is -2.39. The number of morpholine rings is 1. The van der Waals surface area contributed by atoms with Crippen LogP contribution < -0.4 is 5.32 Å². The number of amides is 1. The predicted octanol–water partition coefficient (Wildman–Crippen LogP) is 1.62. The van der Waals surface area contributed by atoms with Gasteiger partial charge in [0.15, 0.2) is 0 Å². The van der Waals surface area contributed by atoms with Crippen LogP contribution in [0.3, 0.4) is 0 Å². The second kappa shape index (κ2) is 7.48. The number of carbonyl (C=O) groups excluding carboxylic acids is 1. The Morgan fingerprint density at radius 1 is 1.42 bits per heavy atom. The lowest BCUT2D eigenvalue weighted by atomic mass is 10.0. The molecule has 0 aromatic heterocycles. The fraction of sp³-hybridized carbons (Fsp3) is 0.500. The summed E-state index contributed by atoms with van der Waals surface area (Å²) in [4.78, 5) is 14.1. The summed E-state index contributed by atoms with van der Waals surface area (Å²) in [5.41, 5.74) is 1.13. The zero-order valence-electron chi connectivity index (χ0n) is 11.3. The maximum atomic E-state index is 12.1. The van der Waals surface area contributed by atoms with Crippen LogP contribution in [0.25, 0.3) is 0 Å². The molecule has 1 aliphatic heterocycles. The predicted molar refractivity (Wildman–Crippen MR) is 77.5 cm³/mol. The number of likely N-dealkylation sites (N-methyl/N-ethyl adjacent to an activating group) is 1. The normalized spacial score (nSPS) is 22.7. The van der Waals surface area contributed by atoms with Gasteiger partial charge in [-0.15, -0.1) is 12.4 Å². The first-order valence-electron chi connectivity index (χ1n) is 6.33. The van der Waals surface area contributed by atoms with Gasteiger partial charge in [0.1, 0.15) is 0 Å². The minimum atomic E-state index is 0. The largest absolute Gasteiger partial charge is 0.374 e. The summed E-state index contributed by atoms with van der Waals surface area (Å²) in [7, 11) is 1.79. The molecule has 2 unspecified atom stereocenters. The fourth-order valence-electron chi connectivity index (χ4n) is 2.28. The van der Waals surface area contributed by atoms with E-state index in [4.69, 9.17) is 4.74 Å². The number of benzene rings is 1. The minimum absolute atomic E-state index is 0. The average Bonchev–Trinajstić information content (AvgIpc) is 2.40. The Morgan fingerprint density at radius 3 is 2.74 bits per heavy atom. The number of halogens is 1. The average molecular weight is 285 g/mol. The van der Waals surface area contributed by atoms with E-state index < -0.39 is 0 Å². The van der Waals surface area contributed by atoms with Crippen molar-refractivity contribution in [3.05, 3.63) is 35.9 Å². The van der Waals surface area contributed by atoms with Crippen LogP contribution in [0.5, 0.6) is 0 Å². The lowest BCUT2D eigenvalue weighted by molar-refractivity contribution is -0.143. The molecular weight excluding hydrogens is 264 g/mol. The van der Waals surface area contributed by atoms with Gasteiger partial charge in [0.2, 0.25) is 5.91 Å². The summed E-state index contributed by atoms with van der Waals surface area (Å²) in [6, 6.07) is 10.1. The van der Waals surface area contributed by atoms with Crippen molar-refractivity contribution in [3.63, 3.8) is 0 Å². The van der Waals surface area contributed by atoms with Gasteiger partial charge in [0.25, 0.3) is 0 Å². The fourth-order valence-corrected chi connectivity index (χ4v) is 2.28. The molecule has 1 aliphatic rings. The summed E-state index contributed by atoms with van der Waals surface area (Å²) >= 11 is 0. The smallest absolute Gasteiger partial charge is 0.237 e. The Kier molecular flexibility index (Phi) is 6.28. The van der Waals surface area contributed by atoms with Crippen molar-refractivity contribution in [2.75, 3.05) is 26.7 Å². The van der Waals surface area contributed by atoms with Gasteiger partial charge >= 0.3 is 0 Å². The Bertz CT molecular complexity index is 400.